The highest BCUT2D eigenvalue weighted by atomic mass is 16.5. The highest BCUT2D eigenvalue weighted by molar-refractivity contribution is 5.83. The van der Waals surface area contributed by atoms with E-state index in [1.54, 1.807) is 6.33 Å². The number of aromatic amines is 1. The van der Waals surface area contributed by atoms with Crippen LogP contribution in [0.3, 0.4) is 0 Å². The molecule has 1 aromatic rings. The lowest BCUT2D eigenvalue weighted by Crippen LogP contribution is -2.57. The monoisotopic (exact) mass is 264 g/mol. The maximum absolute atomic E-state index is 12.6. The van der Waals surface area contributed by atoms with Gasteiger partial charge in [0.15, 0.2) is 0 Å². The Morgan fingerprint density at radius 2 is 2.37 bits per heavy atom. The summed E-state index contributed by atoms with van der Waals surface area (Å²) in [6.07, 6.45) is 2.47. The highest BCUT2D eigenvalue weighted by Gasteiger charge is 2.34. The zero-order valence-electron chi connectivity index (χ0n) is 11.3. The zero-order valence-corrected chi connectivity index (χ0v) is 11.3. The number of aromatic nitrogens is 2. The lowest BCUT2D eigenvalue weighted by atomic mass is 10.0. The molecule has 0 bridgehead atoms. The van der Waals surface area contributed by atoms with Gasteiger partial charge in [0.25, 0.3) is 0 Å². The summed E-state index contributed by atoms with van der Waals surface area (Å²) >= 11 is 0. The highest BCUT2D eigenvalue weighted by Crippen LogP contribution is 2.17. The number of fused-ring (bicyclic) bond motifs is 1. The first kappa shape index (κ1) is 12.6. The third-order valence-electron chi connectivity index (χ3n) is 3.92. The fraction of sp³-hybridized carbons (Fsp3) is 0.692. The lowest BCUT2D eigenvalue weighted by molar-refractivity contribution is -0.145. The van der Waals surface area contributed by atoms with Crippen molar-refractivity contribution in [3.63, 3.8) is 0 Å². The van der Waals surface area contributed by atoms with E-state index < -0.39 is 0 Å². The van der Waals surface area contributed by atoms with Crippen LogP contribution in [-0.4, -0.2) is 52.1 Å². The molecule has 1 fully saturated rings. The molecule has 1 saturated heterocycles. The Morgan fingerprint density at radius 3 is 3.21 bits per heavy atom. The Hall–Kier alpha value is -1.40. The normalized spacial score (nSPS) is 31.1. The molecule has 1 amide bonds. The van der Waals surface area contributed by atoms with Crippen LogP contribution >= 0.6 is 0 Å². The largest absolute Gasteiger partial charge is 0.375 e. The number of amides is 1. The van der Waals surface area contributed by atoms with Crippen LogP contribution in [0.1, 0.15) is 25.2 Å². The van der Waals surface area contributed by atoms with Crippen molar-refractivity contribution in [1.82, 2.24) is 20.2 Å². The van der Waals surface area contributed by atoms with Gasteiger partial charge in [-0.15, -0.1) is 0 Å². The number of H-pyrrole nitrogens is 1. The van der Waals surface area contributed by atoms with E-state index in [0.29, 0.717) is 26.1 Å². The molecule has 2 aliphatic heterocycles. The number of nitrogens with zero attached hydrogens (tertiary/aromatic N) is 2. The smallest absolute Gasteiger partial charge is 0.240 e. The van der Waals surface area contributed by atoms with Crippen molar-refractivity contribution < 1.29 is 9.53 Å². The second kappa shape index (κ2) is 4.94. The first-order chi connectivity index (χ1) is 9.15. The molecular weight excluding hydrogens is 244 g/mol. The average Bonchev–Trinajstić information content (AvgIpc) is 2.88. The molecule has 0 spiro atoms. The minimum atomic E-state index is -0.163. The molecule has 19 heavy (non-hydrogen) atoms. The van der Waals surface area contributed by atoms with E-state index in [4.69, 9.17) is 4.74 Å². The number of hydrogen-bond acceptors (Lipinski definition) is 4. The van der Waals surface area contributed by atoms with Crippen molar-refractivity contribution in [2.45, 2.75) is 45.0 Å². The third-order valence-corrected chi connectivity index (χ3v) is 3.92. The molecule has 0 aliphatic carbocycles. The minimum absolute atomic E-state index is 0.115. The molecule has 104 valence electrons. The Morgan fingerprint density at radius 1 is 1.53 bits per heavy atom. The summed E-state index contributed by atoms with van der Waals surface area (Å²) in [7, 11) is 0. The molecule has 3 heterocycles. The third kappa shape index (κ3) is 2.37. The Labute approximate surface area is 112 Å². The second-order valence-corrected chi connectivity index (χ2v) is 5.45. The first-order valence-electron chi connectivity index (χ1n) is 6.81. The van der Waals surface area contributed by atoms with Crippen molar-refractivity contribution >= 4 is 5.91 Å². The average molecular weight is 264 g/mol. The van der Waals surface area contributed by atoms with Gasteiger partial charge in [-0.2, -0.15) is 0 Å². The second-order valence-electron chi connectivity index (χ2n) is 5.45. The summed E-state index contributed by atoms with van der Waals surface area (Å²) in [5.74, 6) is 0.163. The molecule has 0 aromatic carbocycles. The van der Waals surface area contributed by atoms with Gasteiger partial charge >= 0.3 is 0 Å². The van der Waals surface area contributed by atoms with E-state index in [-0.39, 0.29) is 24.1 Å². The Bertz CT molecular complexity index is 473. The predicted molar refractivity (Wildman–Crippen MR) is 69.5 cm³/mol. The van der Waals surface area contributed by atoms with Crippen LogP contribution < -0.4 is 5.32 Å². The van der Waals surface area contributed by atoms with Crippen LogP contribution in [0.5, 0.6) is 0 Å². The summed E-state index contributed by atoms with van der Waals surface area (Å²) in [5.41, 5.74) is 2.10. The zero-order chi connectivity index (χ0) is 13.4. The van der Waals surface area contributed by atoms with Crippen LogP contribution in [0.2, 0.25) is 0 Å². The molecule has 3 atom stereocenters. The number of rotatable bonds is 1. The quantitative estimate of drug-likeness (QED) is 0.752. The van der Waals surface area contributed by atoms with Crippen molar-refractivity contribution in [2.75, 3.05) is 13.2 Å². The summed E-state index contributed by atoms with van der Waals surface area (Å²) in [5, 5.41) is 3.29. The van der Waals surface area contributed by atoms with E-state index >= 15 is 0 Å². The number of imidazole rings is 1. The van der Waals surface area contributed by atoms with Gasteiger partial charge in [0, 0.05) is 19.5 Å². The van der Waals surface area contributed by atoms with Crippen molar-refractivity contribution in [3.8, 4) is 0 Å². The summed E-state index contributed by atoms with van der Waals surface area (Å²) in [4.78, 5) is 21.9. The summed E-state index contributed by atoms with van der Waals surface area (Å²) < 4.78 is 5.57. The van der Waals surface area contributed by atoms with Crippen LogP contribution in [-0.2, 0) is 22.5 Å². The molecule has 0 saturated carbocycles. The van der Waals surface area contributed by atoms with Gasteiger partial charge in [-0.05, 0) is 13.8 Å². The molecule has 6 heteroatoms. The van der Waals surface area contributed by atoms with Crippen LogP contribution in [0.15, 0.2) is 6.33 Å². The molecular formula is C13H20N4O2. The van der Waals surface area contributed by atoms with Gasteiger partial charge < -0.3 is 14.6 Å². The number of nitrogens with one attached hydrogen (secondary N) is 2. The SMILES string of the molecule is CC1CN(C(=O)C2Cc3nc[nH]c3CN2)C(C)CO1. The van der Waals surface area contributed by atoms with Gasteiger partial charge in [0.1, 0.15) is 0 Å². The number of ether oxygens (including phenoxy) is 1. The Kier molecular flexibility index (Phi) is 3.28. The van der Waals surface area contributed by atoms with Crippen LogP contribution in [0.4, 0.5) is 0 Å². The van der Waals surface area contributed by atoms with Crippen molar-refractivity contribution in [1.29, 1.82) is 0 Å². The van der Waals surface area contributed by atoms with Crippen molar-refractivity contribution in [3.05, 3.63) is 17.7 Å². The predicted octanol–water partition coefficient (Wildman–Crippen LogP) is 0.0598. The lowest BCUT2D eigenvalue weighted by Gasteiger charge is -2.39. The van der Waals surface area contributed by atoms with E-state index in [2.05, 4.69) is 15.3 Å². The van der Waals surface area contributed by atoms with E-state index in [1.807, 2.05) is 18.7 Å². The van der Waals surface area contributed by atoms with Gasteiger partial charge in [0.05, 0.1) is 42.5 Å². The fourth-order valence-electron chi connectivity index (χ4n) is 2.75. The molecule has 6 nitrogen and oxygen atoms in total. The molecule has 3 rings (SSSR count). The number of carbonyl (C=O) groups excluding carboxylic acids is 1. The number of morpholine rings is 1. The summed E-state index contributed by atoms with van der Waals surface area (Å²) in [6.45, 7) is 6.01. The maximum Gasteiger partial charge on any atom is 0.240 e. The molecule has 0 radical (unpaired) electrons. The number of carbonyl (C=O) groups is 1. The molecule has 3 unspecified atom stereocenters. The van der Waals surface area contributed by atoms with Crippen LogP contribution in [0.25, 0.3) is 0 Å². The standard InChI is InChI=1S/C13H20N4O2/c1-8-6-19-9(2)5-17(8)13(18)11-3-10-12(4-14-11)16-7-15-10/h7-9,11,14H,3-6H2,1-2H3,(H,15,16). The fourth-order valence-corrected chi connectivity index (χ4v) is 2.75. The van der Waals surface area contributed by atoms with E-state index in [0.717, 1.165) is 11.4 Å². The minimum Gasteiger partial charge on any atom is -0.375 e. The number of hydrogen-bond donors (Lipinski definition) is 2. The molecule has 2 N–H and O–H groups in total. The van der Waals surface area contributed by atoms with Crippen molar-refractivity contribution in [2.24, 2.45) is 0 Å². The molecule has 2 aliphatic rings. The van der Waals surface area contributed by atoms with Gasteiger partial charge in [-0.1, -0.05) is 0 Å². The molecule has 1 aromatic heterocycles. The van der Waals surface area contributed by atoms with Gasteiger partial charge in [0.2, 0.25) is 5.91 Å². The van der Waals surface area contributed by atoms with E-state index in [9.17, 15) is 4.79 Å². The first-order valence-corrected chi connectivity index (χ1v) is 6.81. The van der Waals surface area contributed by atoms with Gasteiger partial charge in [-0.25, -0.2) is 4.98 Å². The van der Waals surface area contributed by atoms with E-state index in [1.165, 1.54) is 0 Å². The van der Waals surface area contributed by atoms with Crippen LogP contribution in [0, 0.1) is 0 Å². The topological polar surface area (TPSA) is 70.2 Å². The summed E-state index contributed by atoms with van der Waals surface area (Å²) in [6, 6.07) is -0.0189. The maximum atomic E-state index is 12.6. The Balaban J connectivity index is 1.71. The van der Waals surface area contributed by atoms with Gasteiger partial charge in [-0.3, -0.25) is 10.1 Å².